The second-order valence-electron chi connectivity index (χ2n) is 7.06. The number of sulfonamides is 1. The first-order chi connectivity index (χ1) is 14.4. The first-order valence-electron chi connectivity index (χ1n) is 9.63. The maximum Gasteiger partial charge on any atom is 0.243 e. The number of carbonyl (C=O) groups excluding carboxylic acids is 1. The largest absolute Gasteiger partial charge is 0.378 e. The zero-order valence-corrected chi connectivity index (χ0v) is 17.1. The van der Waals surface area contributed by atoms with Crippen molar-refractivity contribution in [1.29, 1.82) is 0 Å². The van der Waals surface area contributed by atoms with Crippen LogP contribution in [-0.4, -0.2) is 68.6 Å². The van der Waals surface area contributed by atoms with Gasteiger partial charge in [-0.25, -0.2) is 27.5 Å². The number of nitrogens with zero attached hydrogens (tertiary/aromatic N) is 4. The summed E-state index contributed by atoms with van der Waals surface area (Å²) in [4.78, 5) is 24.7. The highest BCUT2D eigenvalue weighted by atomic mass is 32.2. The second kappa shape index (κ2) is 8.62. The van der Waals surface area contributed by atoms with Crippen LogP contribution in [0.2, 0.25) is 0 Å². The van der Waals surface area contributed by atoms with Gasteiger partial charge in [-0.05, 0) is 24.1 Å². The van der Waals surface area contributed by atoms with E-state index in [9.17, 15) is 17.6 Å². The Kier molecular flexibility index (Phi) is 5.93. The maximum absolute atomic E-state index is 13.8. The van der Waals surface area contributed by atoms with Gasteiger partial charge in [0, 0.05) is 25.8 Å². The molecule has 0 aliphatic carbocycles. The normalized spacial score (nSPS) is 17.0. The Bertz CT molecular complexity index is 1040. The Morgan fingerprint density at radius 3 is 2.73 bits per heavy atom. The lowest BCUT2D eigenvalue weighted by atomic mass is 10.1. The van der Waals surface area contributed by atoms with Crippen LogP contribution >= 0.6 is 0 Å². The minimum atomic E-state index is -4.12. The Balaban J connectivity index is 1.41. The summed E-state index contributed by atoms with van der Waals surface area (Å²) in [5.41, 5.74) is 1.73. The molecular formula is C19H22FN5O4S. The van der Waals surface area contributed by atoms with Gasteiger partial charge in [-0.1, -0.05) is 12.1 Å². The second-order valence-corrected chi connectivity index (χ2v) is 8.80. The zero-order chi connectivity index (χ0) is 21.1. The number of ether oxygens (including phenoxy) is 1. The van der Waals surface area contributed by atoms with Crippen molar-refractivity contribution in [3.8, 4) is 0 Å². The molecule has 2 aromatic rings. The van der Waals surface area contributed by atoms with Gasteiger partial charge in [0.2, 0.25) is 21.9 Å². The third-order valence-corrected chi connectivity index (χ3v) is 6.55. The van der Waals surface area contributed by atoms with Crippen LogP contribution in [0.4, 0.5) is 10.3 Å². The van der Waals surface area contributed by atoms with Crippen molar-refractivity contribution in [1.82, 2.24) is 19.6 Å². The topological polar surface area (TPSA) is 105 Å². The molecular weight excluding hydrogens is 413 g/mol. The van der Waals surface area contributed by atoms with Crippen molar-refractivity contribution in [2.75, 3.05) is 44.3 Å². The number of morpholine rings is 1. The molecule has 1 saturated heterocycles. The predicted molar refractivity (Wildman–Crippen MR) is 106 cm³/mol. The van der Waals surface area contributed by atoms with Gasteiger partial charge < -0.3 is 14.5 Å². The van der Waals surface area contributed by atoms with E-state index >= 15 is 0 Å². The molecule has 2 aliphatic rings. The number of rotatable bonds is 5. The molecule has 30 heavy (non-hydrogen) atoms. The fourth-order valence-electron chi connectivity index (χ4n) is 3.43. The summed E-state index contributed by atoms with van der Waals surface area (Å²) in [6.45, 7) is 2.91. The molecule has 1 amide bonds. The zero-order valence-electron chi connectivity index (χ0n) is 16.3. The number of fused-ring (bicyclic) bond motifs is 1. The molecule has 0 radical (unpaired) electrons. The first-order valence-corrected chi connectivity index (χ1v) is 11.1. The molecule has 4 rings (SSSR count). The molecule has 1 fully saturated rings. The number of amides is 1. The van der Waals surface area contributed by atoms with Gasteiger partial charge in [-0.2, -0.15) is 0 Å². The fraction of sp³-hybridized carbons (Fsp3) is 0.421. The molecule has 1 aromatic heterocycles. The van der Waals surface area contributed by atoms with Gasteiger partial charge in [-0.15, -0.1) is 0 Å². The fourth-order valence-corrected chi connectivity index (χ4v) is 4.48. The summed E-state index contributed by atoms with van der Waals surface area (Å²) in [6.07, 6.45) is 2.38. The predicted octanol–water partition coefficient (Wildman–Crippen LogP) is 0.315. The van der Waals surface area contributed by atoms with Crippen molar-refractivity contribution < 1.29 is 22.3 Å². The Morgan fingerprint density at radius 2 is 1.97 bits per heavy atom. The molecule has 11 heteroatoms. The molecule has 0 spiro atoms. The molecule has 1 N–H and O–H groups in total. The van der Waals surface area contributed by atoms with Gasteiger partial charge in [0.25, 0.3) is 0 Å². The number of benzene rings is 1. The van der Waals surface area contributed by atoms with E-state index in [1.807, 2.05) is 4.90 Å². The third-order valence-electron chi connectivity index (χ3n) is 5.12. The highest BCUT2D eigenvalue weighted by Gasteiger charge is 2.26. The van der Waals surface area contributed by atoms with Gasteiger partial charge in [0.1, 0.15) is 10.7 Å². The summed E-state index contributed by atoms with van der Waals surface area (Å²) in [5.74, 6) is -0.657. The summed E-state index contributed by atoms with van der Waals surface area (Å²) < 4.78 is 45.9. The van der Waals surface area contributed by atoms with E-state index < -0.39 is 33.2 Å². The number of halogens is 1. The number of aromatic nitrogens is 2. The van der Waals surface area contributed by atoms with Crippen LogP contribution in [-0.2, 0) is 32.5 Å². The van der Waals surface area contributed by atoms with Gasteiger partial charge >= 0.3 is 0 Å². The van der Waals surface area contributed by atoms with Crippen molar-refractivity contribution in [3.05, 3.63) is 47.5 Å². The van der Waals surface area contributed by atoms with E-state index in [1.54, 1.807) is 11.1 Å². The Hall–Kier alpha value is -2.63. The molecule has 2 aliphatic heterocycles. The molecule has 3 heterocycles. The quantitative estimate of drug-likeness (QED) is 0.721. The van der Waals surface area contributed by atoms with Crippen LogP contribution in [0.5, 0.6) is 0 Å². The monoisotopic (exact) mass is 435 g/mol. The summed E-state index contributed by atoms with van der Waals surface area (Å²) >= 11 is 0. The van der Waals surface area contributed by atoms with E-state index in [1.165, 1.54) is 12.1 Å². The van der Waals surface area contributed by atoms with Crippen molar-refractivity contribution in [2.45, 2.75) is 17.9 Å². The van der Waals surface area contributed by atoms with E-state index in [4.69, 9.17) is 4.74 Å². The highest BCUT2D eigenvalue weighted by Crippen LogP contribution is 2.20. The average molecular weight is 435 g/mol. The van der Waals surface area contributed by atoms with E-state index in [-0.39, 0.29) is 6.54 Å². The van der Waals surface area contributed by atoms with Crippen molar-refractivity contribution in [3.63, 3.8) is 0 Å². The third kappa shape index (κ3) is 4.42. The van der Waals surface area contributed by atoms with Crippen LogP contribution in [0.3, 0.4) is 0 Å². The SMILES string of the molecule is O=C(CNS(=O)(=O)c1ccccc1F)N1CCc2cnc(N3CCOCC3)nc2C1. The minimum Gasteiger partial charge on any atom is -0.378 e. The number of nitrogens with one attached hydrogen (secondary N) is 1. The van der Waals surface area contributed by atoms with Crippen LogP contribution in [0, 0.1) is 5.82 Å². The number of anilines is 1. The molecule has 0 saturated carbocycles. The van der Waals surface area contributed by atoms with E-state index in [0.717, 1.165) is 23.4 Å². The van der Waals surface area contributed by atoms with Crippen LogP contribution in [0.15, 0.2) is 35.4 Å². The smallest absolute Gasteiger partial charge is 0.243 e. The standard InChI is InChI=1S/C19H22FN5O4S/c20-15-3-1-2-4-17(15)30(27,28)22-12-18(26)25-6-5-14-11-21-19(23-16(14)13-25)24-7-9-29-10-8-24/h1-4,11,22H,5-10,12-13H2. The Morgan fingerprint density at radius 1 is 1.20 bits per heavy atom. The number of carbonyl (C=O) groups is 1. The lowest BCUT2D eigenvalue weighted by Gasteiger charge is -2.30. The lowest BCUT2D eigenvalue weighted by molar-refractivity contribution is -0.130. The molecule has 0 atom stereocenters. The minimum absolute atomic E-state index is 0.273. The summed E-state index contributed by atoms with van der Waals surface area (Å²) in [5, 5.41) is 0. The molecule has 160 valence electrons. The molecule has 0 unspecified atom stereocenters. The van der Waals surface area contributed by atoms with Crippen LogP contribution < -0.4 is 9.62 Å². The summed E-state index contributed by atoms with van der Waals surface area (Å²) in [7, 11) is -4.12. The van der Waals surface area contributed by atoms with Crippen molar-refractivity contribution >= 4 is 21.9 Å². The van der Waals surface area contributed by atoms with Crippen LogP contribution in [0.1, 0.15) is 11.3 Å². The highest BCUT2D eigenvalue weighted by molar-refractivity contribution is 7.89. The number of hydrogen-bond acceptors (Lipinski definition) is 7. The van der Waals surface area contributed by atoms with E-state index in [0.29, 0.717) is 45.2 Å². The van der Waals surface area contributed by atoms with E-state index in [2.05, 4.69) is 14.7 Å². The van der Waals surface area contributed by atoms with Gasteiger partial charge in [0.15, 0.2) is 0 Å². The first kappa shape index (κ1) is 20.6. The van der Waals surface area contributed by atoms with Gasteiger partial charge in [0.05, 0.1) is 32.0 Å². The van der Waals surface area contributed by atoms with Crippen LogP contribution in [0.25, 0.3) is 0 Å². The number of hydrogen-bond donors (Lipinski definition) is 1. The van der Waals surface area contributed by atoms with Crippen molar-refractivity contribution in [2.24, 2.45) is 0 Å². The molecule has 0 bridgehead atoms. The average Bonchev–Trinajstić information content (AvgIpc) is 2.77. The molecule has 1 aromatic carbocycles. The Labute approximate surface area is 173 Å². The molecule has 9 nitrogen and oxygen atoms in total. The lowest BCUT2D eigenvalue weighted by Crippen LogP contribution is -2.43. The van der Waals surface area contributed by atoms with Gasteiger partial charge in [-0.3, -0.25) is 4.79 Å². The summed E-state index contributed by atoms with van der Waals surface area (Å²) in [6, 6.07) is 5.04. The maximum atomic E-state index is 13.8.